The van der Waals surface area contributed by atoms with Gasteiger partial charge in [0.25, 0.3) is 10.0 Å². The van der Waals surface area contributed by atoms with Crippen molar-refractivity contribution in [2.75, 3.05) is 0 Å². The van der Waals surface area contributed by atoms with Gasteiger partial charge in [0, 0.05) is 32.1 Å². The lowest BCUT2D eigenvalue weighted by atomic mass is 10.2. The Kier molecular flexibility index (Phi) is 6.15. The van der Waals surface area contributed by atoms with E-state index >= 15 is 0 Å². The Morgan fingerprint density at radius 1 is 0.938 bits per heavy atom. The van der Waals surface area contributed by atoms with Gasteiger partial charge in [-0.05, 0) is 63.0 Å². The first kappa shape index (κ1) is 22.6. The second-order valence-corrected chi connectivity index (χ2v) is 10.3. The van der Waals surface area contributed by atoms with Crippen molar-refractivity contribution in [3.05, 3.63) is 87.3 Å². The van der Waals surface area contributed by atoms with E-state index in [9.17, 15) is 17.2 Å². The Labute approximate surface area is 198 Å². The van der Waals surface area contributed by atoms with Crippen molar-refractivity contribution in [2.45, 2.75) is 11.8 Å². The molecule has 0 atom stereocenters. The van der Waals surface area contributed by atoms with E-state index in [2.05, 4.69) is 46.8 Å². The highest BCUT2D eigenvalue weighted by Crippen LogP contribution is 2.28. The summed E-state index contributed by atoms with van der Waals surface area (Å²) in [5, 5.41) is 1.18. The van der Waals surface area contributed by atoms with E-state index in [1.807, 2.05) is 6.92 Å². The molecule has 0 amide bonds. The molecule has 164 valence electrons. The summed E-state index contributed by atoms with van der Waals surface area (Å²) in [5.41, 5.74) is 1.84. The molecule has 0 aliphatic heterocycles. The van der Waals surface area contributed by atoms with Crippen LogP contribution < -0.4 is 0 Å². The molecule has 5 aromatic rings. The van der Waals surface area contributed by atoms with Crippen molar-refractivity contribution in [2.24, 2.45) is 0 Å². The molecular weight excluding hydrogens is 570 g/mol. The van der Waals surface area contributed by atoms with Crippen molar-refractivity contribution >= 4 is 63.9 Å². The number of H-pyrrole nitrogens is 1. The predicted molar refractivity (Wildman–Crippen MR) is 125 cm³/mol. The highest BCUT2D eigenvalue weighted by molar-refractivity contribution is 9.11. The molecule has 32 heavy (non-hydrogen) atoms. The molecule has 11 heteroatoms. The molecule has 0 bridgehead atoms. The van der Waals surface area contributed by atoms with E-state index in [0.717, 1.165) is 25.6 Å². The van der Waals surface area contributed by atoms with Crippen molar-refractivity contribution in [1.82, 2.24) is 18.9 Å². The lowest BCUT2D eigenvalue weighted by Gasteiger charge is -2.07. The second kappa shape index (κ2) is 8.72. The minimum atomic E-state index is -3.77. The van der Waals surface area contributed by atoms with Gasteiger partial charge < -0.3 is 4.98 Å². The smallest absolute Gasteiger partial charge is 0.269 e. The van der Waals surface area contributed by atoms with Gasteiger partial charge in [-0.3, -0.25) is 0 Å². The number of aromatic nitrogens is 4. The number of aromatic amines is 1. The number of fused-ring (bicyclic) bond motifs is 2. The maximum atomic E-state index is 13.2. The lowest BCUT2D eigenvalue weighted by Crippen LogP contribution is -2.12. The number of hydrogen-bond acceptors (Lipinski definition) is 4. The minimum absolute atomic E-state index is 0.156. The first-order valence-corrected chi connectivity index (χ1v) is 12.1. The first-order chi connectivity index (χ1) is 15.2. The van der Waals surface area contributed by atoms with Gasteiger partial charge in [0.1, 0.15) is 17.3 Å². The fraction of sp³-hybridized carbons (Fsp3) is 0.0476. The minimum Gasteiger partial charge on any atom is -0.345 e. The van der Waals surface area contributed by atoms with Crippen molar-refractivity contribution in [1.29, 1.82) is 0 Å². The van der Waals surface area contributed by atoms with E-state index in [4.69, 9.17) is 0 Å². The van der Waals surface area contributed by atoms with Gasteiger partial charge in [-0.25, -0.2) is 31.1 Å². The van der Waals surface area contributed by atoms with Crippen molar-refractivity contribution < 1.29 is 17.2 Å². The maximum absolute atomic E-state index is 13.2. The van der Waals surface area contributed by atoms with Crippen LogP contribution in [0, 0.1) is 18.6 Å². The summed E-state index contributed by atoms with van der Waals surface area (Å²) < 4.78 is 53.5. The summed E-state index contributed by atoms with van der Waals surface area (Å²) in [7, 11) is -3.77. The molecule has 0 saturated heterocycles. The topological polar surface area (TPSA) is 80.6 Å². The Balaban J connectivity index is 0.000000186. The highest BCUT2D eigenvalue weighted by Gasteiger charge is 2.21. The maximum Gasteiger partial charge on any atom is 0.269 e. The third-order valence-electron chi connectivity index (χ3n) is 4.55. The van der Waals surface area contributed by atoms with Crippen molar-refractivity contribution in [3.8, 4) is 0 Å². The quantitative estimate of drug-likeness (QED) is 0.278. The first-order valence-electron chi connectivity index (χ1n) is 9.09. The number of aryl methyl sites for hydroxylation is 1. The Morgan fingerprint density at radius 2 is 1.56 bits per heavy atom. The average Bonchev–Trinajstić information content (AvgIpc) is 3.29. The van der Waals surface area contributed by atoms with Crippen LogP contribution in [-0.4, -0.2) is 27.3 Å². The van der Waals surface area contributed by atoms with E-state index in [1.54, 1.807) is 18.3 Å². The van der Waals surface area contributed by atoms with Crippen LogP contribution in [0.2, 0.25) is 0 Å². The number of hydrogen-bond donors (Lipinski definition) is 1. The number of benzene rings is 1. The van der Waals surface area contributed by atoms with Gasteiger partial charge in [0.15, 0.2) is 5.65 Å². The fourth-order valence-electron chi connectivity index (χ4n) is 2.97. The van der Waals surface area contributed by atoms with Crippen molar-refractivity contribution in [3.63, 3.8) is 0 Å². The molecule has 0 unspecified atom stereocenters. The molecule has 4 aromatic heterocycles. The summed E-state index contributed by atoms with van der Waals surface area (Å²) in [6.45, 7) is 1.88. The second-order valence-electron chi connectivity index (χ2n) is 6.80. The summed E-state index contributed by atoms with van der Waals surface area (Å²) in [6.07, 6.45) is 5.30. The van der Waals surface area contributed by atoms with Crippen LogP contribution in [-0.2, 0) is 10.0 Å². The summed E-state index contributed by atoms with van der Waals surface area (Å²) in [4.78, 5) is 10.8. The molecule has 0 radical (unpaired) electrons. The van der Waals surface area contributed by atoms with Crippen LogP contribution in [0.25, 0.3) is 22.1 Å². The third kappa shape index (κ3) is 4.32. The van der Waals surface area contributed by atoms with Gasteiger partial charge >= 0.3 is 0 Å². The molecule has 0 aliphatic carbocycles. The number of pyridine rings is 2. The average molecular weight is 584 g/mol. The van der Waals surface area contributed by atoms with Crippen LogP contribution in [0.5, 0.6) is 0 Å². The largest absolute Gasteiger partial charge is 0.345 e. The zero-order valence-corrected chi connectivity index (χ0v) is 20.3. The Hall–Kier alpha value is -2.63. The van der Waals surface area contributed by atoms with Gasteiger partial charge in [-0.15, -0.1) is 0 Å². The zero-order chi connectivity index (χ0) is 23.0. The van der Waals surface area contributed by atoms with Gasteiger partial charge in [0.05, 0.1) is 17.3 Å². The van der Waals surface area contributed by atoms with E-state index in [1.165, 1.54) is 36.7 Å². The summed E-state index contributed by atoms with van der Waals surface area (Å²) in [5.74, 6) is -0.841. The molecule has 0 aliphatic rings. The lowest BCUT2D eigenvalue weighted by molar-refractivity contribution is 0.588. The SMILES string of the molecule is Cc1ccc(S(=O)(=O)n2cc(Br)c3cc(F)cnc32)cc1.Fc1cnc2[nH]cc(Br)c2c1. The normalized spacial score (nSPS) is 11.5. The van der Waals surface area contributed by atoms with Crippen LogP contribution in [0.3, 0.4) is 0 Å². The number of halogens is 4. The summed E-state index contributed by atoms with van der Waals surface area (Å²) in [6, 6.07) is 9.19. The molecular formula is C21H14Br2F2N4O2S. The summed E-state index contributed by atoms with van der Waals surface area (Å²) >= 11 is 6.50. The molecule has 1 aromatic carbocycles. The Morgan fingerprint density at radius 3 is 2.25 bits per heavy atom. The highest BCUT2D eigenvalue weighted by atomic mass is 79.9. The molecule has 5 rings (SSSR count). The van der Waals surface area contributed by atoms with E-state index in [-0.39, 0.29) is 16.4 Å². The zero-order valence-electron chi connectivity index (χ0n) is 16.4. The standard InChI is InChI=1S/C14H10BrFN2O2S.C7H4BrFN2/c1-9-2-4-11(5-3-9)21(19,20)18-8-13(15)12-6-10(16)7-17-14(12)18;8-6-3-11-7-5(6)1-4(9)2-10-7/h2-8H,1H3;1-3H,(H,10,11). The number of nitrogens with one attached hydrogen (secondary N) is 1. The third-order valence-corrected chi connectivity index (χ3v) is 7.51. The molecule has 0 saturated carbocycles. The number of nitrogens with zero attached hydrogens (tertiary/aromatic N) is 3. The predicted octanol–water partition coefficient (Wildman–Crippen LogP) is 5.95. The molecule has 0 spiro atoms. The van der Waals surface area contributed by atoms with Gasteiger partial charge in [-0.1, -0.05) is 17.7 Å². The fourth-order valence-corrected chi connectivity index (χ4v) is 5.34. The molecule has 6 nitrogen and oxygen atoms in total. The van der Waals surface area contributed by atoms with Gasteiger partial charge in [0.2, 0.25) is 0 Å². The van der Waals surface area contributed by atoms with Crippen LogP contribution in [0.4, 0.5) is 8.78 Å². The Bertz CT molecular complexity index is 1550. The molecule has 0 fully saturated rings. The van der Waals surface area contributed by atoms with E-state index < -0.39 is 15.8 Å². The monoisotopic (exact) mass is 582 g/mol. The molecule has 1 N–H and O–H groups in total. The van der Waals surface area contributed by atoms with Gasteiger partial charge in [-0.2, -0.15) is 0 Å². The van der Waals surface area contributed by atoms with Crippen LogP contribution >= 0.6 is 31.9 Å². The van der Waals surface area contributed by atoms with Crippen LogP contribution in [0.15, 0.2) is 75.0 Å². The van der Waals surface area contributed by atoms with E-state index in [0.29, 0.717) is 15.5 Å². The molecule has 4 heterocycles. The van der Waals surface area contributed by atoms with Crippen LogP contribution in [0.1, 0.15) is 5.56 Å². The number of rotatable bonds is 2.